The topological polar surface area (TPSA) is 209 Å². The molecule has 1 aliphatic rings. The first-order chi connectivity index (χ1) is 11.6. The van der Waals surface area contributed by atoms with Gasteiger partial charge in [-0.25, -0.2) is 4.57 Å². The van der Waals surface area contributed by atoms with Crippen LogP contribution in [0.25, 0.3) is 11.2 Å². The molecule has 0 radical (unpaired) electrons. The summed E-state index contributed by atoms with van der Waals surface area (Å²) in [6, 6.07) is 0. The fraction of sp³-hybridized carbons (Fsp3) is 0.500. The number of phosphoric ester groups is 1. The maximum absolute atomic E-state index is 11.9. The van der Waals surface area contributed by atoms with Gasteiger partial charge in [-0.15, -0.1) is 0 Å². The van der Waals surface area contributed by atoms with Gasteiger partial charge in [0.25, 0.3) is 5.56 Å². The summed E-state index contributed by atoms with van der Waals surface area (Å²) in [5, 5.41) is 20.2. The van der Waals surface area contributed by atoms with Gasteiger partial charge in [0.05, 0.1) is 6.61 Å². The van der Waals surface area contributed by atoms with Crippen LogP contribution in [-0.4, -0.2) is 64.4 Å². The highest BCUT2D eigenvalue weighted by Crippen LogP contribution is 2.38. The van der Waals surface area contributed by atoms with E-state index in [0.717, 1.165) is 4.57 Å². The number of nitrogens with zero attached hydrogens (tertiary/aromatic N) is 2. The SMILES string of the molecule is Nc1nc2c([nH]c(=S)n2[C@@H]2O[C@H](COP(=O)(O)O)[C@@H](O)[C@H]2O)c(=O)[nH]1. The van der Waals surface area contributed by atoms with Crippen molar-refractivity contribution in [1.82, 2.24) is 19.5 Å². The smallest absolute Gasteiger partial charge is 0.387 e. The van der Waals surface area contributed by atoms with Gasteiger partial charge in [-0.05, 0) is 12.2 Å². The van der Waals surface area contributed by atoms with Crippen LogP contribution in [0.4, 0.5) is 5.95 Å². The minimum Gasteiger partial charge on any atom is -0.387 e. The number of nitrogens with two attached hydrogens (primary N) is 1. The monoisotopic (exact) mass is 395 g/mol. The van der Waals surface area contributed by atoms with Gasteiger partial charge in [-0.2, -0.15) is 4.98 Å². The van der Waals surface area contributed by atoms with Crippen molar-refractivity contribution in [2.24, 2.45) is 0 Å². The fourth-order valence-electron chi connectivity index (χ4n) is 2.52. The second-order valence-corrected chi connectivity index (χ2v) is 6.91. The quantitative estimate of drug-likeness (QED) is 0.224. The summed E-state index contributed by atoms with van der Waals surface area (Å²) in [5.74, 6) is -0.199. The summed E-state index contributed by atoms with van der Waals surface area (Å²) in [6.07, 6.45) is -5.59. The number of ether oxygens (including phenoxy) is 1. The summed E-state index contributed by atoms with van der Waals surface area (Å²) < 4.78 is 21.6. The van der Waals surface area contributed by atoms with E-state index < -0.39 is 44.5 Å². The number of nitrogens with one attached hydrogen (secondary N) is 2. The van der Waals surface area contributed by atoms with Crippen molar-refractivity contribution < 1.29 is 33.8 Å². The van der Waals surface area contributed by atoms with Gasteiger partial charge in [0.2, 0.25) is 5.95 Å². The Morgan fingerprint density at radius 2 is 2.04 bits per heavy atom. The third-order valence-corrected chi connectivity index (χ3v) is 4.38. The average Bonchev–Trinajstić information content (AvgIpc) is 2.95. The third-order valence-electron chi connectivity index (χ3n) is 3.60. The van der Waals surface area contributed by atoms with E-state index in [1.807, 2.05) is 0 Å². The number of imidazole rings is 1. The van der Waals surface area contributed by atoms with Crippen LogP contribution in [0.1, 0.15) is 6.23 Å². The van der Waals surface area contributed by atoms with Gasteiger partial charge < -0.3 is 35.5 Å². The van der Waals surface area contributed by atoms with Crippen LogP contribution in [0.5, 0.6) is 0 Å². The van der Waals surface area contributed by atoms with Gasteiger partial charge in [0.15, 0.2) is 22.2 Å². The maximum Gasteiger partial charge on any atom is 0.469 e. The highest BCUT2D eigenvalue weighted by Gasteiger charge is 2.45. The Bertz CT molecular complexity index is 964. The second-order valence-electron chi connectivity index (χ2n) is 5.28. The van der Waals surface area contributed by atoms with E-state index >= 15 is 0 Å². The van der Waals surface area contributed by atoms with Crippen molar-refractivity contribution in [3.8, 4) is 0 Å². The Balaban J connectivity index is 1.98. The van der Waals surface area contributed by atoms with E-state index in [4.69, 9.17) is 32.5 Å². The number of rotatable bonds is 4. The molecule has 0 aliphatic carbocycles. The van der Waals surface area contributed by atoms with E-state index in [-0.39, 0.29) is 21.9 Å². The van der Waals surface area contributed by atoms with Gasteiger partial charge in [-0.1, -0.05) is 0 Å². The Morgan fingerprint density at radius 1 is 1.36 bits per heavy atom. The van der Waals surface area contributed by atoms with Crippen LogP contribution in [0.2, 0.25) is 0 Å². The zero-order valence-corrected chi connectivity index (χ0v) is 14.0. The molecule has 0 saturated carbocycles. The molecule has 1 saturated heterocycles. The molecule has 0 spiro atoms. The van der Waals surface area contributed by atoms with E-state index in [0.29, 0.717) is 0 Å². The lowest BCUT2D eigenvalue weighted by molar-refractivity contribution is -0.0509. The maximum atomic E-state index is 11.9. The standard InChI is InChI=1S/C10H14N5O8PS/c11-9-13-6-3(7(18)14-9)12-10(25)15(6)8-5(17)4(16)2(23-8)1-22-24(19,20)21/h2,4-5,8,16-17H,1H2,(H,12,25)(H2,19,20,21)(H3,11,13,14,18)/t2-,4-,5-,8-/m1/s1. The van der Waals surface area contributed by atoms with Crippen molar-refractivity contribution in [2.45, 2.75) is 24.5 Å². The Morgan fingerprint density at radius 3 is 2.68 bits per heavy atom. The molecule has 3 rings (SSSR count). The summed E-state index contributed by atoms with van der Waals surface area (Å²) in [6.45, 7) is -0.676. The number of aromatic nitrogens is 4. The highest BCUT2D eigenvalue weighted by molar-refractivity contribution is 7.71. The zero-order chi connectivity index (χ0) is 18.5. The number of hydrogen-bond acceptors (Lipinski definition) is 9. The van der Waals surface area contributed by atoms with Crippen molar-refractivity contribution in [3.63, 3.8) is 0 Å². The molecule has 0 amide bonds. The molecule has 25 heavy (non-hydrogen) atoms. The first-order valence-corrected chi connectivity index (χ1v) is 8.74. The molecular weight excluding hydrogens is 381 g/mol. The number of nitrogen functional groups attached to an aromatic ring is 1. The number of phosphoric acid groups is 1. The van der Waals surface area contributed by atoms with Crippen molar-refractivity contribution in [2.75, 3.05) is 12.3 Å². The van der Waals surface area contributed by atoms with Crippen LogP contribution in [0.15, 0.2) is 4.79 Å². The molecule has 2 aromatic heterocycles. The van der Waals surface area contributed by atoms with E-state index in [2.05, 4.69) is 19.5 Å². The summed E-state index contributed by atoms with van der Waals surface area (Å²) in [7, 11) is -4.79. The molecule has 2 aromatic rings. The molecule has 8 N–H and O–H groups in total. The number of aliphatic hydroxyl groups excluding tert-OH is 2. The molecule has 1 fully saturated rings. The Labute approximate surface area is 143 Å². The molecule has 138 valence electrons. The number of fused-ring (bicyclic) bond motifs is 1. The van der Waals surface area contributed by atoms with Crippen molar-refractivity contribution in [1.29, 1.82) is 0 Å². The number of H-pyrrole nitrogens is 2. The molecule has 1 aliphatic heterocycles. The van der Waals surface area contributed by atoms with Gasteiger partial charge in [0.1, 0.15) is 18.3 Å². The normalized spacial score (nSPS) is 27.2. The van der Waals surface area contributed by atoms with Crippen LogP contribution in [0.3, 0.4) is 0 Å². The molecule has 4 atom stereocenters. The van der Waals surface area contributed by atoms with E-state index in [1.54, 1.807) is 0 Å². The molecule has 13 nitrogen and oxygen atoms in total. The predicted octanol–water partition coefficient (Wildman–Crippen LogP) is -1.91. The van der Waals surface area contributed by atoms with Crippen LogP contribution in [0, 0.1) is 4.77 Å². The lowest BCUT2D eigenvalue weighted by Gasteiger charge is -2.16. The zero-order valence-electron chi connectivity index (χ0n) is 12.3. The summed E-state index contributed by atoms with van der Waals surface area (Å²) in [4.78, 5) is 38.1. The van der Waals surface area contributed by atoms with E-state index in [9.17, 15) is 19.6 Å². The number of anilines is 1. The third kappa shape index (κ3) is 3.38. The lowest BCUT2D eigenvalue weighted by Crippen LogP contribution is -2.33. The van der Waals surface area contributed by atoms with E-state index in [1.165, 1.54) is 0 Å². The second kappa shape index (κ2) is 6.26. The minimum atomic E-state index is -4.79. The lowest BCUT2D eigenvalue weighted by atomic mass is 10.1. The average molecular weight is 395 g/mol. The van der Waals surface area contributed by atoms with Crippen molar-refractivity contribution in [3.05, 3.63) is 15.1 Å². The Kier molecular flexibility index (Phi) is 4.55. The van der Waals surface area contributed by atoms with Gasteiger partial charge in [0, 0.05) is 0 Å². The summed E-state index contributed by atoms with van der Waals surface area (Å²) >= 11 is 5.09. The molecule has 3 heterocycles. The predicted molar refractivity (Wildman–Crippen MR) is 83.9 cm³/mol. The number of aliphatic hydroxyl groups is 2. The molecule has 0 aromatic carbocycles. The molecule has 15 heteroatoms. The Hall–Kier alpha value is -1.64. The minimum absolute atomic E-state index is 0.0144. The molecule has 0 unspecified atom stereocenters. The van der Waals surface area contributed by atoms with Crippen LogP contribution >= 0.6 is 20.0 Å². The summed E-state index contributed by atoms with van der Waals surface area (Å²) in [5.41, 5.74) is 4.87. The molecular formula is C10H14N5O8PS. The van der Waals surface area contributed by atoms with Crippen molar-refractivity contribution >= 4 is 37.2 Å². The van der Waals surface area contributed by atoms with Gasteiger partial charge in [-0.3, -0.25) is 18.9 Å². The molecule has 0 bridgehead atoms. The first-order valence-electron chi connectivity index (χ1n) is 6.80. The first kappa shape index (κ1) is 18.2. The van der Waals surface area contributed by atoms with Crippen LogP contribution in [-0.2, 0) is 13.8 Å². The van der Waals surface area contributed by atoms with Gasteiger partial charge >= 0.3 is 7.82 Å². The fourth-order valence-corrected chi connectivity index (χ4v) is 3.15. The highest BCUT2D eigenvalue weighted by atomic mass is 32.1. The largest absolute Gasteiger partial charge is 0.469 e. The van der Waals surface area contributed by atoms with Crippen LogP contribution < -0.4 is 11.3 Å². The number of aromatic amines is 2. The number of hydrogen-bond donors (Lipinski definition) is 7.